The molecule has 0 radical (unpaired) electrons. The fraction of sp³-hybridized carbons (Fsp3) is 0.485. The van der Waals surface area contributed by atoms with E-state index in [1.54, 1.807) is 7.11 Å². The summed E-state index contributed by atoms with van der Waals surface area (Å²) in [6.07, 6.45) is 11.2. The van der Waals surface area contributed by atoms with E-state index in [0.29, 0.717) is 26.4 Å². The zero-order valence-corrected chi connectivity index (χ0v) is 23.4. The fourth-order valence-corrected chi connectivity index (χ4v) is 4.62. The number of aromatic nitrogens is 1. The molecule has 5 heterocycles. The predicted octanol–water partition coefficient (Wildman–Crippen LogP) is 7.81. The highest BCUT2D eigenvalue weighted by molar-refractivity contribution is 5.29. The molecular weight excluding hydrogens is 490 g/mol. The van der Waals surface area contributed by atoms with Crippen LogP contribution in [0.15, 0.2) is 60.7 Å². The Balaban J connectivity index is 1.33. The first kappa shape index (κ1) is 28.9. The van der Waals surface area contributed by atoms with E-state index in [9.17, 15) is 0 Å². The normalized spacial score (nSPS) is 17.1. The van der Waals surface area contributed by atoms with Gasteiger partial charge in [-0.2, -0.15) is 0 Å². The lowest BCUT2D eigenvalue weighted by atomic mass is 10.1. The molecule has 7 rings (SSSR count). The van der Waals surface area contributed by atoms with Crippen LogP contribution in [0.2, 0.25) is 0 Å². The standard InChI is InChI=1S/C33H43NO5/c1-35-33-21-29-25-36-23-27-11-15-31(16-12-27)38-19-9-7-5-3-2-4-6-8-10-20-39-32-17-13-28(14-18-32)24-37-26-30(22-33)34-29/h11-18,21-22H,2-10,19-20,23-26H2,1H3. The van der Waals surface area contributed by atoms with Gasteiger partial charge in [0.15, 0.2) is 0 Å². The number of hydrogen-bond donors (Lipinski definition) is 0. The van der Waals surface area contributed by atoms with Gasteiger partial charge in [-0.15, -0.1) is 0 Å². The monoisotopic (exact) mass is 533 g/mol. The van der Waals surface area contributed by atoms with Crippen molar-refractivity contribution >= 4 is 0 Å². The molecule has 6 nitrogen and oxygen atoms in total. The highest BCUT2D eigenvalue weighted by atomic mass is 16.5. The van der Waals surface area contributed by atoms with E-state index in [1.165, 1.54) is 44.9 Å². The van der Waals surface area contributed by atoms with Crippen LogP contribution in [-0.4, -0.2) is 25.3 Å². The minimum absolute atomic E-state index is 0.393. The summed E-state index contributed by atoms with van der Waals surface area (Å²) in [7, 11) is 1.66. The third kappa shape index (κ3) is 10.9. The van der Waals surface area contributed by atoms with Crippen molar-refractivity contribution in [2.24, 2.45) is 0 Å². The number of ether oxygens (including phenoxy) is 5. The molecule has 6 bridgehead atoms. The number of benzene rings is 2. The maximum atomic E-state index is 5.95. The third-order valence-corrected chi connectivity index (χ3v) is 6.85. The van der Waals surface area contributed by atoms with Gasteiger partial charge in [0.2, 0.25) is 0 Å². The molecule has 1 aromatic heterocycles. The number of rotatable bonds is 1. The lowest BCUT2D eigenvalue weighted by Gasteiger charge is -2.11. The molecule has 3 aromatic rings. The summed E-state index contributed by atoms with van der Waals surface area (Å²) in [5.41, 5.74) is 3.83. The Morgan fingerprint density at radius 3 is 1.36 bits per heavy atom. The predicted molar refractivity (Wildman–Crippen MR) is 153 cm³/mol. The van der Waals surface area contributed by atoms with E-state index in [0.717, 1.165) is 65.8 Å². The first-order chi connectivity index (χ1) is 19.3. The average molecular weight is 534 g/mol. The van der Waals surface area contributed by atoms with E-state index in [4.69, 9.17) is 28.7 Å². The number of hydrogen-bond acceptors (Lipinski definition) is 6. The summed E-state index contributed by atoms with van der Waals surface area (Å²) in [6.45, 7) is 3.33. The minimum atomic E-state index is 0.393. The SMILES string of the molecule is COc1cc2nc(c1)COCc1ccc(cc1)OCCCCCCCCCCCOc1ccc(cc1)COC2. The van der Waals surface area contributed by atoms with Crippen molar-refractivity contribution in [3.8, 4) is 17.2 Å². The summed E-state index contributed by atoms with van der Waals surface area (Å²) in [4.78, 5) is 4.71. The van der Waals surface area contributed by atoms with Crippen molar-refractivity contribution in [1.29, 1.82) is 0 Å². The van der Waals surface area contributed by atoms with Crippen LogP contribution in [0.4, 0.5) is 0 Å². The van der Waals surface area contributed by atoms with Crippen LogP contribution in [0, 0.1) is 0 Å². The molecule has 0 N–H and O–H groups in total. The maximum absolute atomic E-state index is 5.95. The first-order valence-corrected chi connectivity index (χ1v) is 14.4. The minimum Gasteiger partial charge on any atom is -0.497 e. The molecule has 0 saturated carbocycles. The fourth-order valence-electron chi connectivity index (χ4n) is 4.62. The van der Waals surface area contributed by atoms with Gasteiger partial charge in [-0.3, -0.25) is 4.98 Å². The zero-order chi connectivity index (χ0) is 27.0. The van der Waals surface area contributed by atoms with Gasteiger partial charge in [0.1, 0.15) is 17.2 Å². The quantitative estimate of drug-likeness (QED) is 0.318. The van der Waals surface area contributed by atoms with Gasteiger partial charge < -0.3 is 23.7 Å². The summed E-state index contributed by atoms with van der Waals surface area (Å²) in [6, 6.07) is 20.1. The largest absolute Gasteiger partial charge is 0.497 e. The van der Waals surface area contributed by atoms with Crippen LogP contribution in [-0.2, 0) is 35.9 Å². The Morgan fingerprint density at radius 1 is 0.538 bits per heavy atom. The molecule has 2 aromatic carbocycles. The van der Waals surface area contributed by atoms with Crippen LogP contribution in [0.5, 0.6) is 17.2 Å². The molecule has 0 unspecified atom stereocenters. The number of pyridine rings is 1. The Bertz CT molecular complexity index is 1000. The molecule has 0 fully saturated rings. The first-order valence-electron chi connectivity index (χ1n) is 14.4. The number of methoxy groups -OCH3 is 1. The molecule has 0 saturated heterocycles. The van der Waals surface area contributed by atoms with Crippen LogP contribution < -0.4 is 14.2 Å². The molecule has 39 heavy (non-hydrogen) atoms. The van der Waals surface area contributed by atoms with E-state index >= 15 is 0 Å². The molecule has 0 spiro atoms. The topological polar surface area (TPSA) is 59.0 Å². The summed E-state index contributed by atoms with van der Waals surface area (Å²) >= 11 is 0. The number of nitrogens with zero attached hydrogens (tertiary/aromatic N) is 1. The van der Waals surface area contributed by atoms with Gasteiger partial charge in [0, 0.05) is 12.1 Å². The van der Waals surface area contributed by atoms with Crippen LogP contribution in [0.25, 0.3) is 0 Å². The Labute approximate surface area is 233 Å². The van der Waals surface area contributed by atoms with Crippen LogP contribution >= 0.6 is 0 Å². The van der Waals surface area contributed by atoms with Gasteiger partial charge in [-0.05, 0) is 48.2 Å². The van der Waals surface area contributed by atoms with Crippen molar-refractivity contribution in [1.82, 2.24) is 4.98 Å². The summed E-state index contributed by atoms with van der Waals surface area (Å²) < 4.78 is 29.2. The van der Waals surface area contributed by atoms with E-state index in [1.807, 2.05) is 36.4 Å². The van der Waals surface area contributed by atoms with Gasteiger partial charge >= 0.3 is 0 Å². The molecule has 210 valence electrons. The summed E-state index contributed by atoms with van der Waals surface area (Å²) in [5.74, 6) is 2.57. The molecule has 4 aliphatic heterocycles. The molecule has 6 heteroatoms. The smallest absolute Gasteiger partial charge is 0.122 e. The molecule has 0 aliphatic carbocycles. The lowest BCUT2D eigenvalue weighted by molar-refractivity contribution is 0.0977. The van der Waals surface area contributed by atoms with Crippen molar-refractivity contribution in [2.75, 3.05) is 20.3 Å². The Morgan fingerprint density at radius 2 is 0.949 bits per heavy atom. The van der Waals surface area contributed by atoms with E-state index in [2.05, 4.69) is 24.3 Å². The van der Waals surface area contributed by atoms with E-state index < -0.39 is 0 Å². The Kier molecular flexibility index (Phi) is 12.4. The molecule has 0 atom stereocenters. The van der Waals surface area contributed by atoms with Crippen molar-refractivity contribution < 1.29 is 23.7 Å². The average Bonchev–Trinajstić information content (AvgIpc) is 2.96. The maximum Gasteiger partial charge on any atom is 0.122 e. The van der Waals surface area contributed by atoms with Gasteiger partial charge in [-0.1, -0.05) is 69.2 Å². The zero-order valence-electron chi connectivity index (χ0n) is 23.4. The third-order valence-electron chi connectivity index (χ3n) is 6.85. The van der Waals surface area contributed by atoms with Gasteiger partial charge in [0.05, 0.1) is 58.1 Å². The highest BCUT2D eigenvalue weighted by Crippen LogP contribution is 2.19. The van der Waals surface area contributed by atoms with Gasteiger partial charge in [-0.25, -0.2) is 0 Å². The Hall–Kier alpha value is -3.09. The second-order valence-electron chi connectivity index (χ2n) is 10.1. The second-order valence-corrected chi connectivity index (χ2v) is 10.1. The van der Waals surface area contributed by atoms with Crippen molar-refractivity contribution in [3.63, 3.8) is 0 Å². The molecule has 0 amide bonds. The molecule has 4 aliphatic rings. The van der Waals surface area contributed by atoms with E-state index in [-0.39, 0.29) is 0 Å². The lowest BCUT2D eigenvalue weighted by Crippen LogP contribution is -2.03. The summed E-state index contributed by atoms with van der Waals surface area (Å²) in [5, 5.41) is 0. The highest BCUT2D eigenvalue weighted by Gasteiger charge is 2.06. The van der Waals surface area contributed by atoms with Crippen molar-refractivity contribution in [3.05, 3.63) is 83.2 Å². The van der Waals surface area contributed by atoms with Crippen LogP contribution in [0.3, 0.4) is 0 Å². The van der Waals surface area contributed by atoms with Gasteiger partial charge in [0.25, 0.3) is 0 Å². The van der Waals surface area contributed by atoms with Crippen molar-refractivity contribution in [2.45, 2.75) is 84.2 Å². The van der Waals surface area contributed by atoms with Crippen LogP contribution in [0.1, 0.15) is 80.3 Å². The molecular formula is C33H43NO5. The second kappa shape index (κ2) is 16.8.